The topological polar surface area (TPSA) is 116 Å². The summed E-state index contributed by atoms with van der Waals surface area (Å²) in [4.78, 5) is 55.3. The summed E-state index contributed by atoms with van der Waals surface area (Å²) in [6.45, 7) is 1.90. The highest BCUT2D eigenvalue weighted by Crippen LogP contribution is 2.18. The molecule has 0 fully saturated rings. The molecule has 3 aromatic rings. The van der Waals surface area contributed by atoms with Crippen LogP contribution in [0.1, 0.15) is 23.1 Å². The molecule has 152 valence electrons. The third kappa shape index (κ3) is 4.48. The molecule has 0 saturated carbocycles. The van der Waals surface area contributed by atoms with Crippen molar-refractivity contribution in [3.8, 4) is 0 Å². The van der Waals surface area contributed by atoms with Crippen LogP contribution >= 0.6 is 11.8 Å². The number of thioether (sulfide) groups is 1. The molecular formula is C19H20N4O5S. The molecule has 0 unspecified atom stereocenters. The molecule has 3 rings (SSSR count). The van der Waals surface area contributed by atoms with Gasteiger partial charge >= 0.3 is 11.7 Å². The number of aryl methyl sites for hydroxylation is 1. The largest absolute Gasteiger partial charge is 0.465 e. The lowest BCUT2D eigenvalue weighted by Crippen LogP contribution is -2.29. The number of esters is 1. The van der Waals surface area contributed by atoms with Gasteiger partial charge in [0.1, 0.15) is 5.82 Å². The maximum Gasteiger partial charge on any atom is 0.329 e. The van der Waals surface area contributed by atoms with Crippen LogP contribution in [0.5, 0.6) is 0 Å². The Morgan fingerprint density at radius 1 is 1.21 bits per heavy atom. The van der Waals surface area contributed by atoms with E-state index in [1.54, 1.807) is 37.3 Å². The van der Waals surface area contributed by atoms with Gasteiger partial charge in [-0.25, -0.2) is 9.78 Å². The lowest BCUT2D eigenvalue weighted by molar-refractivity contribution is -0.139. The van der Waals surface area contributed by atoms with Crippen LogP contribution < -0.4 is 11.2 Å². The minimum absolute atomic E-state index is 0.110. The summed E-state index contributed by atoms with van der Waals surface area (Å²) in [5, 5.41) is 0. The lowest BCUT2D eigenvalue weighted by atomic mass is 10.1. The number of fused-ring (bicyclic) bond motifs is 1. The summed E-state index contributed by atoms with van der Waals surface area (Å²) in [5.74, 6) is 0.244. The number of hydrogen-bond acceptors (Lipinski definition) is 7. The number of ketones is 1. The van der Waals surface area contributed by atoms with Crippen molar-refractivity contribution in [2.24, 2.45) is 7.05 Å². The number of nitrogens with one attached hydrogen (secondary N) is 1. The third-order valence-corrected chi connectivity index (χ3v) is 5.14. The molecule has 0 amide bonds. The molecule has 0 aliphatic heterocycles. The minimum Gasteiger partial charge on any atom is -0.465 e. The Labute approximate surface area is 169 Å². The summed E-state index contributed by atoms with van der Waals surface area (Å²) in [5.41, 5.74) is -0.374. The van der Waals surface area contributed by atoms with Gasteiger partial charge in [-0.05, 0) is 6.92 Å². The maximum absolute atomic E-state index is 12.7. The van der Waals surface area contributed by atoms with E-state index in [4.69, 9.17) is 4.74 Å². The van der Waals surface area contributed by atoms with Gasteiger partial charge in [-0.1, -0.05) is 30.3 Å². The van der Waals surface area contributed by atoms with Crippen LogP contribution in [0, 0.1) is 0 Å². The van der Waals surface area contributed by atoms with Gasteiger partial charge in [-0.2, -0.15) is 0 Å². The average molecular weight is 416 g/mol. The van der Waals surface area contributed by atoms with E-state index in [9.17, 15) is 19.2 Å². The van der Waals surface area contributed by atoms with Crippen molar-refractivity contribution in [1.82, 2.24) is 19.1 Å². The van der Waals surface area contributed by atoms with Crippen molar-refractivity contribution in [2.75, 3.05) is 12.4 Å². The van der Waals surface area contributed by atoms with Crippen molar-refractivity contribution < 1.29 is 14.3 Å². The first-order chi connectivity index (χ1) is 13.9. The van der Waals surface area contributed by atoms with Crippen LogP contribution in [0.2, 0.25) is 0 Å². The highest BCUT2D eigenvalue weighted by Gasteiger charge is 2.20. The summed E-state index contributed by atoms with van der Waals surface area (Å²) >= 11 is 1.25. The second-order valence-corrected chi connectivity index (χ2v) is 7.18. The zero-order valence-corrected chi connectivity index (χ0v) is 16.8. The smallest absolute Gasteiger partial charge is 0.329 e. The molecule has 2 aromatic heterocycles. The molecule has 29 heavy (non-hydrogen) atoms. The third-order valence-electron chi connectivity index (χ3n) is 4.24. The summed E-state index contributed by atoms with van der Waals surface area (Å²) in [6.07, 6.45) is 0. The van der Waals surface area contributed by atoms with E-state index in [-0.39, 0.29) is 41.0 Å². The van der Waals surface area contributed by atoms with Crippen LogP contribution in [0.25, 0.3) is 11.2 Å². The van der Waals surface area contributed by atoms with Crippen molar-refractivity contribution in [3.63, 3.8) is 0 Å². The molecular weight excluding hydrogens is 396 g/mol. The van der Waals surface area contributed by atoms with Crippen molar-refractivity contribution in [3.05, 3.63) is 62.6 Å². The Morgan fingerprint density at radius 2 is 1.93 bits per heavy atom. The van der Waals surface area contributed by atoms with E-state index >= 15 is 0 Å². The van der Waals surface area contributed by atoms with Crippen LogP contribution in [0.4, 0.5) is 0 Å². The van der Waals surface area contributed by atoms with Crippen molar-refractivity contribution >= 4 is 34.7 Å². The van der Waals surface area contributed by atoms with E-state index in [0.29, 0.717) is 18.0 Å². The Morgan fingerprint density at radius 3 is 2.62 bits per heavy atom. The number of nitrogens with zero attached hydrogens (tertiary/aromatic N) is 3. The molecule has 9 nitrogen and oxygen atoms in total. The number of benzene rings is 1. The Bertz CT molecular complexity index is 1160. The molecule has 0 spiro atoms. The molecule has 2 heterocycles. The van der Waals surface area contributed by atoms with Gasteiger partial charge in [-0.15, -0.1) is 11.8 Å². The van der Waals surface area contributed by atoms with E-state index in [0.717, 1.165) is 0 Å². The average Bonchev–Trinajstić information content (AvgIpc) is 3.06. The van der Waals surface area contributed by atoms with Gasteiger partial charge in [0.25, 0.3) is 5.56 Å². The maximum atomic E-state index is 12.7. The van der Waals surface area contributed by atoms with E-state index < -0.39 is 11.2 Å². The van der Waals surface area contributed by atoms with Gasteiger partial charge in [0.2, 0.25) is 0 Å². The van der Waals surface area contributed by atoms with E-state index in [1.807, 2.05) is 0 Å². The van der Waals surface area contributed by atoms with Gasteiger partial charge in [0, 0.05) is 12.6 Å². The molecule has 1 N–H and O–H groups in total. The van der Waals surface area contributed by atoms with Gasteiger partial charge in [-0.3, -0.25) is 23.9 Å². The summed E-state index contributed by atoms with van der Waals surface area (Å²) in [7, 11) is 1.49. The molecule has 0 bridgehead atoms. The predicted octanol–water partition coefficient (Wildman–Crippen LogP) is 1.10. The Hall–Kier alpha value is -3.14. The molecule has 0 aliphatic rings. The number of imidazole rings is 1. The fourth-order valence-corrected chi connectivity index (χ4v) is 3.60. The second kappa shape index (κ2) is 8.91. The number of aromatic amines is 1. The highest BCUT2D eigenvalue weighted by molar-refractivity contribution is 7.99. The fraction of sp³-hybridized carbons (Fsp3) is 0.316. The molecule has 0 aliphatic carbocycles. The minimum atomic E-state index is -0.613. The standard InChI is InChI=1S/C19H20N4O5S/c1-3-28-15(25)11-29-10-14-20-17-16(18(26)21-19(27)22(17)2)23(14)9-13(24)12-7-5-4-6-8-12/h4-8H,3,9-11H2,1-2H3,(H,21,26,27). The number of rotatable bonds is 8. The summed E-state index contributed by atoms with van der Waals surface area (Å²) in [6, 6.07) is 8.70. The first-order valence-corrected chi connectivity index (χ1v) is 10.1. The molecule has 0 radical (unpaired) electrons. The first-order valence-electron chi connectivity index (χ1n) is 8.92. The van der Waals surface area contributed by atoms with Gasteiger partial charge < -0.3 is 9.30 Å². The molecule has 1 aromatic carbocycles. The number of ether oxygens (including phenoxy) is 1. The lowest BCUT2D eigenvalue weighted by Gasteiger charge is -2.08. The quantitative estimate of drug-likeness (QED) is 0.432. The zero-order chi connectivity index (χ0) is 21.0. The van der Waals surface area contributed by atoms with Crippen molar-refractivity contribution in [2.45, 2.75) is 19.2 Å². The van der Waals surface area contributed by atoms with Crippen LogP contribution in [0.3, 0.4) is 0 Å². The molecule has 0 saturated heterocycles. The van der Waals surface area contributed by atoms with E-state index in [1.165, 1.54) is 27.9 Å². The Balaban J connectivity index is 1.99. The predicted molar refractivity (Wildman–Crippen MR) is 109 cm³/mol. The SMILES string of the molecule is CCOC(=O)CSCc1nc2c(c(=O)[nH]c(=O)n2C)n1CC(=O)c1ccccc1. The van der Waals surface area contributed by atoms with Crippen LogP contribution in [-0.4, -0.2) is 43.2 Å². The summed E-state index contributed by atoms with van der Waals surface area (Å²) < 4.78 is 7.63. The van der Waals surface area contributed by atoms with Crippen molar-refractivity contribution in [1.29, 1.82) is 0 Å². The number of H-pyrrole nitrogens is 1. The van der Waals surface area contributed by atoms with Gasteiger partial charge in [0.15, 0.2) is 16.9 Å². The number of Topliss-reactive ketones (excluding diaryl/α,β-unsaturated/α-hetero) is 1. The van der Waals surface area contributed by atoms with Crippen LogP contribution in [0.15, 0.2) is 39.9 Å². The number of aromatic nitrogens is 4. The number of hydrogen-bond donors (Lipinski definition) is 1. The highest BCUT2D eigenvalue weighted by atomic mass is 32.2. The molecule has 0 atom stereocenters. The zero-order valence-electron chi connectivity index (χ0n) is 16.0. The fourth-order valence-electron chi connectivity index (χ4n) is 2.85. The number of carbonyl (C=O) groups is 2. The number of carbonyl (C=O) groups excluding carboxylic acids is 2. The first kappa shape index (κ1) is 20.6. The van der Waals surface area contributed by atoms with Crippen LogP contribution in [-0.2, 0) is 28.9 Å². The Kier molecular flexibility index (Phi) is 6.32. The monoisotopic (exact) mass is 416 g/mol. The second-order valence-electron chi connectivity index (χ2n) is 6.19. The molecule has 10 heteroatoms. The van der Waals surface area contributed by atoms with Gasteiger partial charge in [0.05, 0.1) is 24.7 Å². The normalized spacial score (nSPS) is 11.0. The van der Waals surface area contributed by atoms with E-state index in [2.05, 4.69) is 9.97 Å².